The number of nitrogens with zero attached hydrogens (tertiary/aromatic N) is 4. The van der Waals surface area contributed by atoms with Gasteiger partial charge in [-0.05, 0) is 120 Å². The molecule has 0 saturated carbocycles. The van der Waals surface area contributed by atoms with Crippen molar-refractivity contribution < 1.29 is 56.1 Å². The van der Waals surface area contributed by atoms with Crippen molar-refractivity contribution in [1.29, 1.82) is 0 Å². The lowest BCUT2D eigenvalue weighted by atomic mass is 9.78. The number of amides is 4. The van der Waals surface area contributed by atoms with Crippen LogP contribution in [0.5, 0.6) is 0 Å². The van der Waals surface area contributed by atoms with Gasteiger partial charge in [0.25, 0.3) is 0 Å². The van der Waals surface area contributed by atoms with Crippen molar-refractivity contribution in [2.24, 2.45) is 0 Å². The zero-order valence-corrected chi connectivity index (χ0v) is 38.9. The molecule has 62 heavy (non-hydrogen) atoms. The topological polar surface area (TPSA) is 137 Å². The molecule has 0 aliphatic carbocycles. The van der Waals surface area contributed by atoms with Gasteiger partial charge < -0.3 is 37.9 Å². The summed E-state index contributed by atoms with van der Waals surface area (Å²) in [6.07, 6.45) is -1.03. The van der Waals surface area contributed by atoms with Crippen LogP contribution in [0.3, 0.4) is 0 Å². The number of carbonyl (C=O) groups excluding carboxylic acids is 4. The van der Waals surface area contributed by atoms with Gasteiger partial charge in [0.1, 0.15) is 35.9 Å². The summed E-state index contributed by atoms with van der Waals surface area (Å²) in [5.41, 5.74) is -1.28. The third-order valence-electron chi connectivity index (χ3n) is 11.9. The lowest BCUT2D eigenvalue weighted by Gasteiger charge is -2.35. The number of benzene rings is 2. The maximum atomic E-state index is 14.8. The molecule has 4 fully saturated rings. The Morgan fingerprint density at radius 1 is 0.581 bits per heavy atom. The number of piperazine rings is 2. The molecule has 0 aromatic heterocycles. The molecule has 2 aromatic rings. The number of rotatable bonds is 6. The van der Waals surface area contributed by atoms with Crippen LogP contribution in [0.1, 0.15) is 108 Å². The second-order valence-electron chi connectivity index (χ2n) is 20.3. The predicted molar refractivity (Wildman–Crippen MR) is 231 cm³/mol. The van der Waals surface area contributed by atoms with Crippen LogP contribution in [0.2, 0.25) is 0 Å². The predicted octanol–water partition coefficient (Wildman–Crippen LogP) is 5.41. The van der Waals surface area contributed by atoms with Gasteiger partial charge in [-0.3, -0.25) is 19.4 Å². The minimum Gasteiger partial charge on any atom is -0.444 e. The summed E-state index contributed by atoms with van der Waals surface area (Å²) >= 11 is 0. The number of hydrogen-bond acceptors (Lipinski definition) is 10. The third kappa shape index (κ3) is 11.7. The monoisotopic (exact) mass is 868 g/mol. The molecule has 4 heterocycles. The second-order valence-corrected chi connectivity index (χ2v) is 20.3. The molecule has 14 nitrogen and oxygen atoms in total. The molecular formula is C44H64B2F2N4O10. The minimum absolute atomic E-state index is 0.0808. The molecule has 4 amide bonds. The summed E-state index contributed by atoms with van der Waals surface area (Å²) in [5.74, 6) is -1.33. The first-order valence-electron chi connectivity index (χ1n) is 21.2. The summed E-state index contributed by atoms with van der Waals surface area (Å²) in [5, 5.41) is 0. The van der Waals surface area contributed by atoms with E-state index in [-0.39, 0.29) is 38.0 Å². The van der Waals surface area contributed by atoms with Gasteiger partial charge in [0.2, 0.25) is 11.8 Å². The van der Waals surface area contributed by atoms with Gasteiger partial charge in [-0.15, -0.1) is 0 Å². The highest BCUT2D eigenvalue weighted by molar-refractivity contribution is 6.62. The Labute approximate surface area is 366 Å². The quantitative estimate of drug-likeness (QED) is 0.347. The fourth-order valence-corrected chi connectivity index (χ4v) is 6.76. The summed E-state index contributed by atoms with van der Waals surface area (Å²) < 4.78 is 64.2. The molecule has 0 unspecified atom stereocenters. The minimum atomic E-state index is -0.646. The summed E-state index contributed by atoms with van der Waals surface area (Å²) in [6.45, 7) is 27.6. The van der Waals surface area contributed by atoms with Crippen molar-refractivity contribution in [2.45, 2.75) is 144 Å². The maximum Gasteiger partial charge on any atom is 0.494 e. The molecule has 4 aliphatic heterocycles. The van der Waals surface area contributed by atoms with Crippen LogP contribution in [0, 0.1) is 11.6 Å². The van der Waals surface area contributed by atoms with Gasteiger partial charge in [0.15, 0.2) is 0 Å². The van der Waals surface area contributed by atoms with Crippen molar-refractivity contribution in [2.75, 3.05) is 39.3 Å². The standard InChI is InChI=1S/2C22H32BFN2O5/c2*1-20(2,3)29-19(28)26-11-10-25(18(27)14-26)13-15-8-9-16(12-17(15)24)23-30-21(4,5)22(6,7)31-23/h2*8-9,12H,10-11,13-14H2,1-7H3. The van der Waals surface area contributed by atoms with Crippen molar-refractivity contribution in [3.05, 3.63) is 59.2 Å². The largest absolute Gasteiger partial charge is 0.494 e. The molecule has 6 rings (SSSR count). The Balaban J connectivity index is 0.000000234. The Kier molecular flexibility index (Phi) is 13.9. The van der Waals surface area contributed by atoms with Crippen molar-refractivity contribution >= 4 is 49.2 Å². The SMILES string of the molecule is CC(C)(C)OC(=O)N1CCN(Cc2ccc(B3OC(C)(C)C(C)(C)O3)cc2F)C(=O)C1.CC(C)(C)OC(=O)N1CCN(Cc2ccc(B3OC(C)(C)C(C)(C)O3)cc2F)C(=O)C1. The zero-order chi connectivity index (χ0) is 46.4. The van der Waals surface area contributed by atoms with E-state index in [4.69, 9.17) is 28.1 Å². The number of hydrogen-bond donors (Lipinski definition) is 0. The van der Waals surface area contributed by atoms with E-state index in [0.29, 0.717) is 48.2 Å². The van der Waals surface area contributed by atoms with E-state index in [1.54, 1.807) is 75.6 Å². The van der Waals surface area contributed by atoms with Gasteiger partial charge in [-0.25, -0.2) is 18.4 Å². The van der Waals surface area contributed by atoms with Gasteiger partial charge in [0.05, 0.1) is 22.4 Å². The Morgan fingerprint density at radius 3 is 1.15 bits per heavy atom. The highest BCUT2D eigenvalue weighted by atomic mass is 19.1. The summed E-state index contributed by atoms with van der Waals surface area (Å²) in [4.78, 5) is 55.3. The fraction of sp³-hybridized carbons (Fsp3) is 0.636. The highest BCUT2D eigenvalue weighted by Crippen LogP contribution is 2.37. The van der Waals surface area contributed by atoms with Crippen LogP contribution < -0.4 is 10.9 Å². The van der Waals surface area contributed by atoms with Gasteiger partial charge in [-0.1, -0.05) is 24.3 Å². The summed E-state index contributed by atoms with van der Waals surface area (Å²) in [6, 6.07) is 9.65. The van der Waals surface area contributed by atoms with Gasteiger partial charge >= 0.3 is 26.4 Å². The molecule has 2 aromatic carbocycles. The van der Waals surface area contributed by atoms with E-state index in [1.807, 2.05) is 55.4 Å². The van der Waals surface area contributed by atoms with Crippen LogP contribution in [0.4, 0.5) is 18.4 Å². The van der Waals surface area contributed by atoms with Crippen molar-refractivity contribution in [1.82, 2.24) is 19.6 Å². The number of ether oxygens (including phenoxy) is 2. The van der Waals surface area contributed by atoms with E-state index < -0.39 is 71.7 Å². The number of halogens is 2. The molecule has 4 saturated heterocycles. The molecule has 4 aliphatic rings. The normalized spacial score (nSPS) is 20.9. The van der Waals surface area contributed by atoms with Gasteiger partial charge in [0, 0.05) is 50.4 Å². The number of carbonyl (C=O) groups is 4. The van der Waals surface area contributed by atoms with Crippen LogP contribution >= 0.6 is 0 Å². The van der Waals surface area contributed by atoms with E-state index in [2.05, 4.69) is 0 Å². The Hall–Kier alpha value is -4.25. The molecule has 18 heteroatoms. The van der Waals surface area contributed by atoms with Crippen LogP contribution in [0.25, 0.3) is 0 Å². The van der Waals surface area contributed by atoms with Crippen LogP contribution in [-0.2, 0) is 50.8 Å². The molecule has 0 radical (unpaired) electrons. The average Bonchev–Trinajstić information content (AvgIpc) is 3.49. The average molecular weight is 869 g/mol. The third-order valence-corrected chi connectivity index (χ3v) is 11.9. The molecule has 0 N–H and O–H groups in total. The van der Waals surface area contributed by atoms with Crippen molar-refractivity contribution in [3.63, 3.8) is 0 Å². The fourth-order valence-electron chi connectivity index (χ4n) is 6.76. The second kappa shape index (κ2) is 17.7. The molecular weight excluding hydrogens is 804 g/mol. The van der Waals surface area contributed by atoms with Crippen LogP contribution in [-0.4, -0.2) is 131 Å². The first kappa shape index (κ1) is 48.8. The molecule has 0 spiro atoms. The molecule has 340 valence electrons. The molecule has 0 atom stereocenters. The Morgan fingerprint density at radius 2 is 0.887 bits per heavy atom. The summed E-state index contributed by atoms with van der Waals surface area (Å²) in [7, 11) is -1.29. The van der Waals surface area contributed by atoms with E-state index >= 15 is 0 Å². The van der Waals surface area contributed by atoms with Crippen molar-refractivity contribution in [3.8, 4) is 0 Å². The Bertz CT molecular complexity index is 1850. The smallest absolute Gasteiger partial charge is 0.444 e. The van der Waals surface area contributed by atoms with E-state index in [0.717, 1.165) is 0 Å². The lowest BCUT2D eigenvalue weighted by molar-refractivity contribution is -0.137. The lowest BCUT2D eigenvalue weighted by Crippen LogP contribution is -2.52. The molecule has 0 bridgehead atoms. The van der Waals surface area contributed by atoms with Crippen LogP contribution in [0.15, 0.2) is 36.4 Å². The zero-order valence-electron chi connectivity index (χ0n) is 38.9. The van der Waals surface area contributed by atoms with E-state index in [1.165, 1.54) is 21.9 Å². The first-order valence-corrected chi connectivity index (χ1v) is 21.2. The van der Waals surface area contributed by atoms with Gasteiger partial charge in [-0.2, -0.15) is 0 Å². The van der Waals surface area contributed by atoms with E-state index in [9.17, 15) is 28.0 Å². The first-order chi connectivity index (χ1) is 28.4. The highest BCUT2D eigenvalue weighted by Gasteiger charge is 2.53. The maximum absolute atomic E-state index is 14.8.